The summed E-state index contributed by atoms with van der Waals surface area (Å²) in [6.07, 6.45) is 16.3. The summed E-state index contributed by atoms with van der Waals surface area (Å²) in [6, 6.07) is 0. The van der Waals surface area contributed by atoms with E-state index in [-0.39, 0.29) is 0 Å². The van der Waals surface area contributed by atoms with Gasteiger partial charge in [-0.2, -0.15) is 0 Å². The summed E-state index contributed by atoms with van der Waals surface area (Å²) in [4.78, 5) is 2.89. The molecule has 0 aromatic rings. The summed E-state index contributed by atoms with van der Waals surface area (Å²) < 4.78 is 0. The molecule has 2 aliphatic carbocycles. The maximum absolute atomic E-state index is 3.67. The van der Waals surface area contributed by atoms with Crippen LogP contribution in [-0.4, -0.2) is 36.6 Å². The monoisotopic (exact) mass is 264 g/mol. The molecule has 1 saturated heterocycles. The van der Waals surface area contributed by atoms with Gasteiger partial charge in [-0.1, -0.05) is 51.4 Å². The minimum atomic E-state index is 0.547. The van der Waals surface area contributed by atoms with Gasteiger partial charge < -0.3 is 5.32 Å². The Morgan fingerprint density at radius 2 is 1.68 bits per heavy atom. The van der Waals surface area contributed by atoms with E-state index in [4.69, 9.17) is 0 Å². The summed E-state index contributed by atoms with van der Waals surface area (Å²) in [7, 11) is 0. The first-order valence-corrected chi connectivity index (χ1v) is 8.85. The molecule has 2 nitrogen and oxygen atoms in total. The van der Waals surface area contributed by atoms with E-state index < -0.39 is 0 Å². The Balaban J connectivity index is 1.54. The highest BCUT2D eigenvalue weighted by Crippen LogP contribution is 2.35. The zero-order valence-electron chi connectivity index (χ0n) is 12.6. The number of hydrogen-bond acceptors (Lipinski definition) is 2. The molecule has 19 heavy (non-hydrogen) atoms. The van der Waals surface area contributed by atoms with Gasteiger partial charge in [-0.25, -0.2) is 0 Å². The second-order valence-corrected chi connectivity index (χ2v) is 7.24. The molecular formula is C17H32N2. The molecule has 0 unspecified atom stereocenters. The van der Waals surface area contributed by atoms with Crippen molar-refractivity contribution in [2.75, 3.05) is 26.2 Å². The molecule has 1 spiro atoms. The first-order chi connectivity index (χ1) is 9.39. The molecule has 0 bridgehead atoms. The normalized spacial score (nSPS) is 29.7. The molecule has 0 aromatic carbocycles. The van der Waals surface area contributed by atoms with Gasteiger partial charge >= 0.3 is 0 Å². The molecule has 2 saturated carbocycles. The van der Waals surface area contributed by atoms with E-state index >= 15 is 0 Å². The van der Waals surface area contributed by atoms with Gasteiger partial charge in [0.1, 0.15) is 0 Å². The standard InChI is InChI=1S/C17H32N2/c1-3-7-16(8-4-1)9-13-19-14-12-18-15-17(19)10-5-2-6-11-17/h16,18H,1-15H2. The lowest BCUT2D eigenvalue weighted by Gasteiger charge is -2.50. The molecule has 3 aliphatic rings. The summed E-state index contributed by atoms with van der Waals surface area (Å²) in [5, 5.41) is 3.67. The lowest BCUT2D eigenvalue weighted by Crippen LogP contribution is -2.62. The molecule has 0 radical (unpaired) electrons. The van der Waals surface area contributed by atoms with Gasteiger partial charge in [0.15, 0.2) is 0 Å². The zero-order valence-corrected chi connectivity index (χ0v) is 12.6. The van der Waals surface area contributed by atoms with Gasteiger partial charge in [0.05, 0.1) is 0 Å². The van der Waals surface area contributed by atoms with E-state index in [0.717, 1.165) is 5.92 Å². The molecule has 3 fully saturated rings. The van der Waals surface area contributed by atoms with Crippen molar-refractivity contribution in [3.63, 3.8) is 0 Å². The van der Waals surface area contributed by atoms with Gasteiger partial charge in [0, 0.05) is 25.2 Å². The molecule has 0 atom stereocenters. The van der Waals surface area contributed by atoms with Crippen LogP contribution in [0.3, 0.4) is 0 Å². The van der Waals surface area contributed by atoms with Crippen LogP contribution in [0.1, 0.15) is 70.6 Å². The molecule has 3 rings (SSSR count). The third-order valence-electron chi connectivity index (χ3n) is 6.00. The number of nitrogens with zero attached hydrogens (tertiary/aromatic N) is 1. The van der Waals surface area contributed by atoms with Crippen molar-refractivity contribution < 1.29 is 0 Å². The van der Waals surface area contributed by atoms with E-state index in [1.54, 1.807) is 0 Å². The van der Waals surface area contributed by atoms with Crippen LogP contribution in [0.4, 0.5) is 0 Å². The molecule has 0 aromatic heterocycles. The van der Waals surface area contributed by atoms with Crippen LogP contribution < -0.4 is 5.32 Å². The third kappa shape index (κ3) is 3.33. The molecule has 1 heterocycles. The van der Waals surface area contributed by atoms with Gasteiger partial charge in [-0.05, 0) is 31.7 Å². The van der Waals surface area contributed by atoms with Crippen molar-refractivity contribution in [2.45, 2.75) is 76.2 Å². The van der Waals surface area contributed by atoms with Crippen LogP contribution in [0.2, 0.25) is 0 Å². The first-order valence-electron chi connectivity index (χ1n) is 8.85. The maximum atomic E-state index is 3.67. The summed E-state index contributed by atoms with van der Waals surface area (Å²) in [5.41, 5.74) is 0.547. The van der Waals surface area contributed by atoms with Crippen molar-refractivity contribution in [2.24, 2.45) is 5.92 Å². The Morgan fingerprint density at radius 3 is 2.47 bits per heavy atom. The van der Waals surface area contributed by atoms with Gasteiger partial charge in [0.25, 0.3) is 0 Å². The Labute approximate surface area is 119 Å². The number of piperazine rings is 1. The zero-order chi connectivity index (χ0) is 13.0. The fourth-order valence-electron chi connectivity index (χ4n) is 4.75. The van der Waals surface area contributed by atoms with Crippen LogP contribution in [0, 0.1) is 5.92 Å². The number of nitrogens with one attached hydrogen (secondary N) is 1. The quantitative estimate of drug-likeness (QED) is 0.838. The number of hydrogen-bond donors (Lipinski definition) is 1. The number of rotatable bonds is 3. The van der Waals surface area contributed by atoms with Crippen LogP contribution in [0.25, 0.3) is 0 Å². The van der Waals surface area contributed by atoms with E-state index in [9.17, 15) is 0 Å². The van der Waals surface area contributed by atoms with Crippen molar-refractivity contribution in [1.29, 1.82) is 0 Å². The fraction of sp³-hybridized carbons (Fsp3) is 1.00. The SMILES string of the molecule is C1CCC(CCN2CCNCC23CCCCC3)CC1. The average Bonchev–Trinajstić information content (AvgIpc) is 2.48. The van der Waals surface area contributed by atoms with Gasteiger partial charge in [-0.3, -0.25) is 4.90 Å². The highest BCUT2D eigenvalue weighted by molar-refractivity contribution is 4.98. The largest absolute Gasteiger partial charge is 0.314 e. The van der Waals surface area contributed by atoms with Crippen molar-refractivity contribution in [1.82, 2.24) is 10.2 Å². The minimum absolute atomic E-state index is 0.547. The van der Waals surface area contributed by atoms with E-state index in [1.165, 1.54) is 96.8 Å². The van der Waals surface area contributed by atoms with Crippen LogP contribution >= 0.6 is 0 Å². The Bertz CT molecular complexity index is 256. The molecule has 2 heteroatoms. The van der Waals surface area contributed by atoms with Gasteiger partial charge in [0.2, 0.25) is 0 Å². The van der Waals surface area contributed by atoms with E-state index in [2.05, 4.69) is 10.2 Å². The minimum Gasteiger partial charge on any atom is -0.314 e. The second-order valence-electron chi connectivity index (χ2n) is 7.24. The maximum Gasteiger partial charge on any atom is 0.0334 e. The van der Waals surface area contributed by atoms with Crippen LogP contribution in [0.5, 0.6) is 0 Å². The molecule has 1 N–H and O–H groups in total. The second kappa shape index (κ2) is 6.58. The lowest BCUT2D eigenvalue weighted by atomic mass is 9.78. The predicted molar refractivity (Wildman–Crippen MR) is 81.5 cm³/mol. The van der Waals surface area contributed by atoms with E-state index in [1.807, 2.05) is 0 Å². The summed E-state index contributed by atoms with van der Waals surface area (Å²) in [6.45, 7) is 5.16. The lowest BCUT2D eigenvalue weighted by molar-refractivity contribution is 0.0221. The smallest absolute Gasteiger partial charge is 0.0334 e. The molecule has 1 aliphatic heterocycles. The van der Waals surface area contributed by atoms with Crippen LogP contribution in [-0.2, 0) is 0 Å². The first kappa shape index (κ1) is 13.9. The Kier molecular flexibility index (Phi) is 4.81. The van der Waals surface area contributed by atoms with Crippen molar-refractivity contribution in [3.8, 4) is 0 Å². The topological polar surface area (TPSA) is 15.3 Å². The van der Waals surface area contributed by atoms with Crippen molar-refractivity contribution >= 4 is 0 Å². The average molecular weight is 264 g/mol. The Hall–Kier alpha value is -0.0800. The summed E-state index contributed by atoms with van der Waals surface area (Å²) >= 11 is 0. The molecular weight excluding hydrogens is 232 g/mol. The Morgan fingerprint density at radius 1 is 0.947 bits per heavy atom. The molecule has 110 valence electrons. The predicted octanol–water partition coefficient (Wildman–Crippen LogP) is 3.56. The summed E-state index contributed by atoms with van der Waals surface area (Å²) in [5.74, 6) is 1.05. The highest BCUT2D eigenvalue weighted by atomic mass is 15.3. The fourth-order valence-corrected chi connectivity index (χ4v) is 4.75. The molecule has 0 amide bonds. The highest BCUT2D eigenvalue weighted by Gasteiger charge is 2.39. The van der Waals surface area contributed by atoms with E-state index in [0.29, 0.717) is 5.54 Å². The van der Waals surface area contributed by atoms with Gasteiger partial charge in [-0.15, -0.1) is 0 Å². The third-order valence-corrected chi connectivity index (χ3v) is 6.00. The van der Waals surface area contributed by atoms with Crippen molar-refractivity contribution in [3.05, 3.63) is 0 Å². The van der Waals surface area contributed by atoms with Crippen LogP contribution in [0.15, 0.2) is 0 Å².